The number of amides is 1. The molecule has 2 aromatic heterocycles. The average Bonchev–Trinajstić information content (AvgIpc) is 2.88. The normalized spacial score (nSPS) is 13.4. The molecule has 178 valence electrons. The summed E-state index contributed by atoms with van der Waals surface area (Å²) in [7, 11) is 4.60. The van der Waals surface area contributed by atoms with Crippen LogP contribution in [0.1, 0.15) is 15.9 Å². The third-order valence-corrected chi connectivity index (χ3v) is 5.62. The van der Waals surface area contributed by atoms with E-state index >= 15 is 0 Å². The number of methoxy groups -OCH3 is 3. The molecule has 1 aromatic carbocycles. The molecule has 10 nitrogen and oxygen atoms in total. The lowest BCUT2D eigenvalue weighted by Crippen LogP contribution is -2.49. The molecular formula is C24H28N6O4. The Morgan fingerprint density at radius 2 is 1.59 bits per heavy atom. The number of carbonyl (C=O) groups is 1. The first-order chi connectivity index (χ1) is 16.5. The maximum absolute atomic E-state index is 13.1. The quantitative estimate of drug-likeness (QED) is 0.565. The summed E-state index contributed by atoms with van der Waals surface area (Å²) in [6, 6.07) is 11.0. The Bertz CT molecular complexity index is 1120. The van der Waals surface area contributed by atoms with Crippen LogP contribution in [0.25, 0.3) is 0 Å². The van der Waals surface area contributed by atoms with Gasteiger partial charge in [-0.2, -0.15) is 0 Å². The van der Waals surface area contributed by atoms with Crippen LogP contribution in [0.15, 0.2) is 42.6 Å². The maximum atomic E-state index is 13.1. The Morgan fingerprint density at radius 3 is 2.15 bits per heavy atom. The zero-order chi connectivity index (χ0) is 24.1. The molecule has 4 rings (SSSR count). The molecule has 1 N–H and O–H groups in total. The largest absolute Gasteiger partial charge is 0.493 e. The average molecular weight is 465 g/mol. The van der Waals surface area contributed by atoms with E-state index in [2.05, 4.69) is 25.4 Å². The number of anilines is 3. The number of aromatic nitrogens is 3. The highest BCUT2D eigenvalue weighted by Gasteiger charge is 2.25. The van der Waals surface area contributed by atoms with Crippen molar-refractivity contribution in [2.24, 2.45) is 0 Å². The summed E-state index contributed by atoms with van der Waals surface area (Å²) in [4.78, 5) is 21.3. The highest BCUT2D eigenvalue weighted by molar-refractivity contribution is 5.95. The van der Waals surface area contributed by atoms with Gasteiger partial charge in [0, 0.05) is 37.9 Å². The van der Waals surface area contributed by atoms with Gasteiger partial charge < -0.3 is 29.3 Å². The van der Waals surface area contributed by atoms with Gasteiger partial charge in [0.2, 0.25) is 5.75 Å². The smallest absolute Gasteiger partial charge is 0.254 e. The van der Waals surface area contributed by atoms with E-state index in [1.807, 2.05) is 36.1 Å². The van der Waals surface area contributed by atoms with Crippen molar-refractivity contribution in [1.82, 2.24) is 20.1 Å². The first-order valence-corrected chi connectivity index (χ1v) is 10.9. The molecule has 0 spiro atoms. The van der Waals surface area contributed by atoms with E-state index in [4.69, 9.17) is 14.2 Å². The fraction of sp³-hybridized carbons (Fsp3) is 0.333. The topological polar surface area (TPSA) is 102 Å². The Balaban J connectivity index is 1.39. The van der Waals surface area contributed by atoms with E-state index in [-0.39, 0.29) is 5.91 Å². The van der Waals surface area contributed by atoms with Crippen molar-refractivity contribution in [2.75, 3.05) is 57.7 Å². The Kier molecular flexibility index (Phi) is 6.95. The van der Waals surface area contributed by atoms with Crippen molar-refractivity contribution in [3.63, 3.8) is 0 Å². The molecule has 0 saturated carbocycles. The summed E-state index contributed by atoms with van der Waals surface area (Å²) in [6.45, 7) is 4.43. The van der Waals surface area contributed by atoms with Crippen molar-refractivity contribution in [1.29, 1.82) is 0 Å². The van der Waals surface area contributed by atoms with E-state index in [1.165, 1.54) is 21.3 Å². The van der Waals surface area contributed by atoms with Gasteiger partial charge in [0.05, 0.1) is 21.3 Å². The van der Waals surface area contributed by atoms with Crippen LogP contribution < -0.4 is 24.4 Å². The molecule has 0 aliphatic carbocycles. The van der Waals surface area contributed by atoms with E-state index in [9.17, 15) is 4.79 Å². The number of hydrogen-bond donors (Lipinski definition) is 1. The number of nitrogens with one attached hydrogen (secondary N) is 1. The van der Waals surface area contributed by atoms with Crippen LogP contribution in [0.3, 0.4) is 0 Å². The molecule has 0 radical (unpaired) electrons. The molecule has 0 atom stereocenters. The molecule has 3 aromatic rings. The highest BCUT2D eigenvalue weighted by Crippen LogP contribution is 2.38. The second kappa shape index (κ2) is 10.2. The van der Waals surface area contributed by atoms with Crippen molar-refractivity contribution in [3.05, 3.63) is 53.7 Å². The third kappa shape index (κ3) is 4.95. The summed E-state index contributed by atoms with van der Waals surface area (Å²) in [5.74, 6) is 3.39. The molecule has 34 heavy (non-hydrogen) atoms. The van der Waals surface area contributed by atoms with E-state index in [1.54, 1.807) is 18.3 Å². The van der Waals surface area contributed by atoms with Gasteiger partial charge in [0.25, 0.3) is 5.91 Å². The Hall–Kier alpha value is -4.08. The van der Waals surface area contributed by atoms with Gasteiger partial charge in [-0.05, 0) is 48.9 Å². The van der Waals surface area contributed by atoms with E-state index in [0.717, 1.165) is 17.2 Å². The van der Waals surface area contributed by atoms with Crippen LogP contribution in [0.5, 0.6) is 17.2 Å². The lowest BCUT2D eigenvalue weighted by Gasteiger charge is -2.35. The van der Waals surface area contributed by atoms with E-state index < -0.39 is 0 Å². The second-order valence-electron chi connectivity index (χ2n) is 7.81. The van der Waals surface area contributed by atoms with Gasteiger partial charge in [0.1, 0.15) is 5.82 Å². The zero-order valence-corrected chi connectivity index (χ0v) is 19.7. The molecule has 0 unspecified atom stereocenters. The number of pyridine rings is 1. The Morgan fingerprint density at radius 1 is 0.882 bits per heavy atom. The minimum Gasteiger partial charge on any atom is -0.493 e. The van der Waals surface area contributed by atoms with Crippen LogP contribution in [-0.2, 0) is 0 Å². The number of carbonyl (C=O) groups excluding carboxylic acids is 1. The monoisotopic (exact) mass is 464 g/mol. The van der Waals surface area contributed by atoms with Crippen LogP contribution in [0, 0.1) is 6.92 Å². The fourth-order valence-electron chi connectivity index (χ4n) is 3.82. The zero-order valence-electron chi connectivity index (χ0n) is 19.7. The van der Waals surface area contributed by atoms with Crippen LogP contribution in [-0.4, -0.2) is 73.5 Å². The molecule has 1 aliphatic heterocycles. The lowest BCUT2D eigenvalue weighted by molar-refractivity contribution is 0.0745. The van der Waals surface area contributed by atoms with Crippen molar-refractivity contribution in [2.45, 2.75) is 6.92 Å². The third-order valence-electron chi connectivity index (χ3n) is 5.62. The molecule has 10 heteroatoms. The highest BCUT2D eigenvalue weighted by atomic mass is 16.5. The minimum atomic E-state index is -0.0878. The molecule has 1 aliphatic rings. The SMILES string of the molecule is COc1cc(C(=O)N2CCN(c3ccc(Nc4cc(C)ccn4)nn3)CC2)cc(OC)c1OC. The van der Waals surface area contributed by atoms with Gasteiger partial charge in [-0.25, -0.2) is 4.98 Å². The molecule has 1 fully saturated rings. The number of nitrogens with zero attached hydrogens (tertiary/aromatic N) is 5. The summed E-state index contributed by atoms with van der Waals surface area (Å²) in [6.07, 6.45) is 1.75. The van der Waals surface area contributed by atoms with Crippen molar-refractivity contribution in [3.8, 4) is 17.2 Å². The standard InChI is InChI=1S/C24H28N6O4/c1-16-7-8-25-21(13-16)26-20-5-6-22(28-27-20)29-9-11-30(12-10-29)24(31)17-14-18(32-2)23(34-4)19(15-17)33-3/h5-8,13-15H,9-12H2,1-4H3,(H,25,26,27). The summed E-state index contributed by atoms with van der Waals surface area (Å²) in [5.41, 5.74) is 1.60. The molecule has 0 bridgehead atoms. The Labute approximate surface area is 198 Å². The number of hydrogen-bond acceptors (Lipinski definition) is 9. The van der Waals surface area contributed by atoms with Crippen LogP contribution in [0.4, 0.5) is 17.5 Å². The summed E-state index contributed by atoms with van der Waals surface area (Å²) in [5, 5.41) is 11.8. The molecular weight excluding hydrogens is 436 g/mol. The van der Waals surface area contributed by atoms with Crippen molar-refractivity contribution >= 4 is 23.4 Å². The predicted molar refractivity (Wildman–Crippen MR) is 129 cm³/mol. The fourth-order valence-corrected chi connectivity index (χ4v) is 3.82. The molecule has 3 heterocycles. The number of aryl methyl sites for hydroxylation is 1. The van der Waals surface area contributed by atoms with Gasteiger partial charge in [-0.3, -0.25) is 4.79 Å². The lowest BCUT2D eigenvalue weighted by atomic mass is 10.1. The number of benzene rings is 1. The molecule has 1 saturated heterocycles. The predicted octanol–water partition coefficient (Wildman–Crippen LogP) is 2.91. The second-order valence-corrected chi connectivity index (χ2v) is 7.81. The van der Waals surface area contributed by atoms with Gasteiger partial charge in [-0.15, -0.1) is 10.2 Å². The van der Waals surface area contributed by atoms with Crippen LogP contribution >= 0.6 is 0 Å². The van der Waals surface area contributed by atoms with Crippen LogP contribution in [0.2, 0.25) is 0 Å². The number of piperazine rings is 1. The van der Waals surface area contributed by atoms with Gasteiger partial charge in [0.15, 0.2) is 23.1 Å². The first-order valence-electron chi connectivity index (χ1n) is 10.9. The minimum absolute atomic E-state index is 0.0878. The first kappa shape index (κ1) is 23.1. The van der Waals surface area contributed by atoms with Gasteiger partial charge in [-0.1, -0.05) is 0 Å². The maximum Gasteiger partial charge on any atom is 0.254 e. The summed E-state index contributed by atoms with van der Waals surface area (Å²) >= 11 is 0. The van der Waals surface area contributed by atoms with Gasteiger partial charge >= 0.3 is 0 Å². The summed E-state index contributed by atoms with van der Waals surface area (Å²) < 4.78 is 16.1. The molecule has 1 amide bonds. The van der Waals surface area contributed by atoms with E-state index in [0.29, 0.717) is 54.8 Å². The van der Waals surface area contributed by atoms with Crippen molar-refractivity contribution < 1.29 is 19.0 Å². The number of rotatable bonds is 7. The number of ether oxygens (including phenoxy) is 3.